The number of nitrogens with one attached hydrogen (secondary N) is 1. The van der Waals surface area contributed by atoms with E-state index in [1.54, 1.807) is 31.2 Å². The Kier molecular flexibility index (Phi) is 5.30. The Morgan fingerprint density at radius 2 is 2.11 bits per heavy atom. The van der Waals surface area contributed by atoms with Gasteiger partial charge in [0.25, 0.3) is 0 Å². The van der Waals surface area contributed by atoms with Crippen molar-refractivity contribution in [3.8, 4) is 0 Å². The highest BCUT2D eigenvalue weighted by atomic mass is 16.6. The van der Waals surface area contributed by atoms with Crippen LogP contribution in [0.1, 0.15) is 13.3 Å². The van der Waals surface area contributed by atoms with Crippen LogP contribution < -0.4 is 5.43 Å². The van der Waals surface area contributed by atoms with E-state index in [9.17, 15) is 14.9 Å². The Bertz CT molecular complexity index is 445. The SMILES string of the molecule is CCOC(=O)C/C(=N/Nc1ccccc1)[N+](=O)[O-]. The number of para-hydroxylation sites is 1. The van der Waals surface area contributed by atoms with Gasteiger partial charge in [-0.05, 0) is 24.0 Å². The molecule has 0 aliphatic carbocycles. The molecule has 18 heavy (non-hydrogen) atoms. The molecule has 0 aliphatic rings. The standard InChI is InChI=1S/C11H13N3O4/c1-2-18-11(15)8-10(14(16)17)13-12-9-6-4-3-5-7-9/h3-7,12H,2,8H2,1H3/b13-10-. The molecule has 0 radical (unpaired) electrons. The Morgan fingerprint density at radius 1 is 1.44 bits per heavy atom. The van der Waals surface area contributed by atoms with Gasteiger partial charge in [-0.25, -0.2) is 0 Å². The molecule has 1 N–H and O–H groups in total. The number of hydrogen-bond acceptors (Lipinski definition) is 6. The van der Waals surface area contributed by atoms with Gasteiger partial charge in [0.1, 0.15) is 0 Å². The summed E-state index contributed by atoms with van der Waals surface area (Å²) in [5.41, 5.74) is 3.11. The molecule has 1 rings (SSSR count). The highest BCUT2D eigenvalue weighted by molar-refractivity contribution is 5.93. The van der Waals surface area contributed by atoms with Crippen LogP contribution in [0.2, 0.25) is 0 Å². The zero-order valence-corrected chi connectivity index (χ0v) is 9.83. The Balaban J connectivity index is 2.67. The van der Waals surface area contributed by atoms with Crippen LogP contribution in [0.3, 0.4) is 0 Å². The quantitative estimate of drug-likeness (QED) is 0.282. The van der Waals surface area contributed by atoms with E-state index in [0.717, 1.165) is 0 Å². The molecule has 0 saturated carbocycles. The van der Waals surface area contributed by atoms with E-state index < -0.39 is 23.1 Å². The topological polar surface area (TPSA) is 93.8 Å². The number of anilines is 1. The number of hydrazone groups is 1. The second-order valence-electron chi connectivity index (χ2n) is 3.24. The number of benzene rings is 1. The van der Waals surface area contributed by atoms with Crippen molar-refractivity contribution in [2.75, 3.05) is 12.0 Å². The minimum Gasteiger partial charge on any atom is -0.466 e. The van der Waals surface area contributed by atoms with Crippen LogP contribution in [0.15, 0.2) is 35.4 Å². The highest BCUT2D eigenvalue weighted by Gasteiger charge is 2.19. The molecule has 1 aromatic rings. The summed E-state index contributed by atoms with van der Waals surface area (Å²) in [6.45, 7) is 1.80. The molecule has 0 aliphatic heterocycles. The van der Waals surface area contributed by atoms with Gasteiger partial charge in [0, 0.05) is 0 Å². The van der Waals surface area contributed by atoms with Crippen LogP contribution >= 0.6 is 0 Å². The number of nitro groups is 1. The van der Waals surface area contributed by atoms with Crippen LogP contribution in [-0.4, -0.2) is 23.3 Å². The van der Waals surface area contributed by atoms with Crippen LogP contribution in [0.25, 0.3) is 0 Å². The molecular weight excluding hydrogens is 238 g/mol. The number of nitrogens with zero attached hydrogens (tertiary/aromatic N) is 2. The molecular formula is C11H13N3O4. The van der Waals surface area contributed by atoms with E-state index in [-0.39, 0.29) is 6.61 Å². The molecule has 7 nitrogen and oxygen atoms in total. The molecule has 1 aromatic carbocycles. The summed E-state index contributed by atoms with van der Waals surface area (Å²) in [4.78, 5) is 21.1. The van der Waals surface area contributed by atoms with Crippen molar-refractivity contribution in [2.45, 2.75) is 13.3 Å². The minimum atomic E-state index is -0.715. The summed E-state index contributed by atoms with van der Waals surface area (Å²) in [7, 11) is 0. The number of esters is 1. The lowest BCUT2D eigenvalue weighted by atomic mass is 10.3. The number of amidine groups is 1. The van der Waals surface area contributed by atoms with E-state index in [1.807, 2.05) is 6.07 Å². The first kappa shape index (κ1) is 13.6. The Hall–Kier alpha value is -2.44. The maximum atomic E-state index is 11.1. The summed E-state index contributed by atoms with van der Waals surface area (Å²) in [6, 6.07) is 8.73. The minimum absolute atomic E-state index is 0.177. The molecule has 7 heteroatoms. The maximum absolute atomic E-state index is 11.1. The number of rotatable bonds is 5. The first-order valence-electron chi connectivity index (χ1n) is 5.31. The van der Waals surface area contributed by atoms with Gasteiger partial charge in [-0.2, -0.15) is 5.43 Å². The second kappa shape index (κ2) is 7.00. The van der Waals surface area contributed by atoms with Crippen LogP contribution in [0.5, 0.6) is 0 Å². The lowest BCUT2D eigenvalue weighted by molar-refractivity contribution is -0.352. The third kappa shape index (κ3) is 4.60. The molecule has 0 bridgehead atoms. The number of carbonyl (C=O) groups excluding carboxylic acids is 1. The van der Waals surface area contributed by atoms with Gasteiger partial charge in [-0.1, -0.05) is 18.2 Å². The van der Waals surface area contributed by atoms with Crippen molar-refractivity contribution in [3.63, 3.8) is 0 Å². The summed E-state index contributed by atoms with van der Waals surface area (Å²) in [5.74, 6) is -1.17. The molecule has 0 fully saturated rings. The molecule has 0 saturated heterocycles. The third-order valence-corrected chi connectivity index (χ3v) is 1.91. The summed E-state index contributed by atoms with van der Waals surface area (Å²) < 4.78 is 4.62. The van der Waals surface area contributed by atoms with E-state index in [2.05, 4.69) is 15.3 Å². The average Bonchev–Trinajstić information content (AvgIpc) is 2.35. The van der Waals surface area contributed by atoms with E-state index >= 15 is 0 Å². The van der Waals surface area contributed by atoms with Crippen molar-refractivity contribution in [3.05, 3.63) is 40.4 Å². The fourth-order valence-corrected chi connectivity index (χ4v) is 1.13. The Morgan fingerprint density at radius 3 is 2.67 bits per heavy atom. The highest BCUT2D eigenvalue weighted by Crippen LogP contribution is 2.05. The van der Waals surface area contributed by atoms with Gasteiger partial charge in [-0.15, -0.1) is 0 Å². The summed E-state index contributed by atoms with van der Waals surface area (Å²) in [6.07, 6.45) is -0.472. The predicted octanol–water partition coefficient (Wildman–Crippen LogP) is 1.64. The van der Waals surface area contributed by atoms with E-state index in [1.165, 1.54) is 0 Å². The van der Waals surface area contributed by atoms with Gasteiger partial charge in [0.05, 0.1) is 17.4 Å². The monoisotopic (exact) mass is 251 g/mol. The lowest BCUT2D eigenvalue weighted by Crippen LogP contribution is -2.19. The molecule has 96 valence electrons. The fourth-order valence-electron chi connectivity index (χ4n) is 1.13. The summed E-state index contributed by atoms with van der Waals surface area (Å²) in [5, 5.41) is 14.3. The second-order valence-corrected chi connectivity index (χ2v) is 3.24. The number of carbonyl (C=O) groups is 1. The largest absolute Gasteiger partial charge is 0.466 e. The van der Waals surface area contributed by atoms with Crippen LogP contribution in [0.4, 0.5) is 5.69 Å². The average molecular weight is 251 g/mol. The maximum Gasteiger partial charge on any atom is 0.375 e. The molecule has 0 atom stereocenters. The van der Waals surface area contributed by atoms with Gasteiger partial charge in [0.2, 0.25) is 0 Å². The predicted molar refractivity (Wildman–Crippen MR) is 65.7 cm³/mol. The van der Waals surface area contributed by atoms with Gasteiger partial charge in [-0.3, -0.25) is 4.79 Å². The van der Waals surface area contributed by atoms with E-state index in [0.29, 0.717) is 5.69 Å². The van der Waals surface area contributed by atoms with Crippen molar-refractivity contribution < 1.29 is 14.5 Å². The zero-order valence-electron chi connectivity index (χ0n) is 9.83. The van der Waals surface area contributed by atoms with Crippen molar-refractivity contribution >= 4 is 17.5 Å². The van der Waals surface area contributed by atoms with Gasteiger partial charge < -0.3 is 14.9 Å². The smallest absolute Gasteiger partial charge is 0.375 e. The number of hydrogen-bond donors (Lipinski definition) is 1. The number of ether oxygens (including phenoxy) is 1. The first-order valence-corrected chi connectivity index (χ1v) is 5.31. The lowest BCUT2D eigenvalue weighted by Gasteiger charge is -2.00. The summed E-state index contributed by atoms with van der Waals surface area (Å²) >= 11 is 0. The first-order chi connectivity index (χ1) is 8.63. The van der Waals surface area contributed by atoms with Crippen molar-refractivity contribution in [2.24, 2.45) is 5.10 Å². The fraction of sp³-hybridized carbons (Fsp3) is 0.273. The van der Waals surface area contributed by atoms with Gasteiger partial charge in [0.15, 0.2) is 6.42 Å². The third-order valence-electron chi connectivity index (χ3n) is 1.91. The Labute approximate surface area is 104 Å². The zero-order chi connectivity index (χ0) is 13.4. The van der Waals surface area contributed by atoms with Gasteiger partial charge >= 0.3 is 11.8 Å². The van der Waals surface area contributed by atoms with E-state index in [4.69, 9.17) is 0 Å². The molecule has 0 spiro atoms. The van der Waals surface area contributed by atoms with Crippen LogP contribution in [-0.2, 0) is 9.53 Å². The molecule has 0 aromatic heterocycles. The van der Waals surface area contributed by atoms with Crippen LogP contribution in [0, 0.1) is 10.1 Å². The normalized spacial score (nSPS) is 10.8. The van der Waals surface area contributed by atoms with Crippen molar-refractivity contribution in [1.29, 1.82) is 0 Å². The molecule has 0 heterocycles. The molecule has 0 unspecified atom stereocenters. The molecule has 0 amide bonds. The van der Waals surface area contributed by atoms with Crippen molar-refractivity contribution in [1.82, 2.24) is 0 Å².